The number of urea groups is 1. The van der Waals surface area contributed by atoms with Crippen molar-refractivity contribution in [3.8, 4) is 11.5 Å². The fourth-order valence-electron chi connectivity index (χ4n) is 3.62. The van der Waals surface area contributed by atoms with Gasteiger partial charge in [0.05, 0.1) is 36.4 Å². The van der Waals surface area contributed by atoms with E-state index in [4.69, 9.17) is 21.1 Å². The number of carboxylic acid groups (broad SMARTS) is 1. The van der Waals surface area contributed by atoms with Gasteiger partial charge in [-0.1, -0.05) is 23.7 Å². The summed E-state index contributed by atoms with van der Waals surface area (Å²) >= 11 is 6.15. The number of nitrogens with one attached hydrogen (secondary N) is 1. The molecule has 3 rings (SSSR count). The molecule has 2 N–H and O–H groups in total. The van der Waals surface area contributed by atoms with Crippen molar-refractivity contribution in [2.75, 3.05) is 25.1 Å². The number of carboxylic acids is 1. The third kappa shape index (κ3) is 4.79. The molecular formula is C22H25ClN2O5. The first-order valence-corrected chi connectivity index (χ1v) is 10.3. The number of aliphatic carboxylic acids is 1. The van der Waals surface area contributed by atoms with Crippen LogP contribution < -0.4 is 14.8 Å². The van der Waals surface area contributed by atoms with Crippen molar-refractivity contribution in [3.05, 3.63) is 52.5 Å². The number of carbonyl (C=O) groups excluding carboxylic acids is 1. The van der Waals surface area contributed by atoms with Crippen molar-refractivity contribution in [2.45, 2.75) is 32.7 Å². The minimum absolute atomic E-state index is 0.220. The molecule has 0 saturated carbocycles. The average Bonchev–Trinajstić information content (AvgIpc) is 2.70. The van der Waals surface area contributed by atoms with Gasteiger partial charge in [0.2, 0.25) is 0 Å². The van der Waals surface area contributed by atoms with Crippen molar-refractivity contribution >= 4 is 29.3 Å². The lowest BCUT2D eigenvalue weighted by atomic mass is 9.90. The van der Waals surface area contributed by atoms with Crippen LogP contribution in [0.25, 0.3) is 0 Å². The van der Waals surface area contributed by atoms with Gasteiger partial charge in [-0.3, -0.25) is 4.79 Å². The number of benzene rings is 2. The van der Waals surface area contributed by atoms with Crippen molar-refractivity contribution in [1.82, 2.24) is 4.90 Å². The minimum atomic E-state index is -0.991. The van der Waals surface area contributed by atoms with Gasteiger partial charge in [-0.2, -0.15) is 0 Å². The molecule has 0 fully saturated rings. The third-order valence-electron chi connectivity index (χ3n) is 4.91. The summed E-state index contributed by atoms with van der Waals surface area (Å²) in [5.41, 5.74) is 2.19. The van der Waals surface area contributed by atoms with Gasteiger partial charge in [0.1, 0.15) is 0 Å². The summed E-state index contributed by atoms with van der Waals surface area (Å²) in [6.07, 6.45) is 0.358. The summed E-state index contributed by atoms with van der Waals surface area (Å²) in [6.45, 7) is 5.07. The summed E-state index contributed by atoms with van der Waals surface area (Å²) in [6, 6.07) is 9.58. The second-order valence-corrected chi connectivity index (χ2v) is 7.24. The van der Waals surface area contributed by atoms with E-state index in [-0.39, 0.29) is 6.42 Å². The van der Waals surface area contributed by atoms with Crippen molar-refractivity contribution in [2.24, 2.45) is 0 Å². The highest BCUT2D eigenvalue weighted by atomic mass is 35.5. The van der Waals surface area contributed by atoms with E-state index in [0.29, 0.717) is 48.4 Å². The highest BCUT2D eigenvalue weighted by molar-refractivity contribution is 6.33. The van der Waals surface area contributed by atoms with Crippen LogP contribution in [0.2, 0.25) is 5.02 Å². The van der Waals surface area contributed by atoms with Gasteiger partial charge >= 0.3 is 12.0 Å². The maximum absolute atomic E-state index is 13.0. The Morgan fingerprint density at radius 3 is 2.47 bits per heavy atom. The standard InChI is InChI=1S/C22H25ClN2O5/c1-3-29-19-11-14-9-10-25(22(28)24-17-8-6-5-7-16(17)23)18(13-21(26)27)15(14)12-20(19)30-4-2/h5-8,11-12,18H,3-4,9-10,13H2,1-2H3,(H,24,28)(H,26,27)/t18-/m0/s1. The first kappa shape index (κ1) is 21.8. The Hall–Kier alpha value is -2.93. The quantitative estimate of drug-likeness (QED) is 0.659. The predicted octanol–water partition coefficient (Wildman–Crippen LogP) is 4.74. The highest BCUT2D eigenvalue weighted by Gasteiger charge is 2.34. The zero-order valence-corrected chi connectivity index (χ0v) is 17.7. The van der Waals surface area contributed by atoms with Gasteiger partial charge in [-0.15, -0.1) is 0 Å². The minimum Gasteiger partial charge on any atom is -0.490 e. The van der Waals surface area contributed by atoms with E-state index in [0.717, 1.165) is 11.1 Å². The molecule has 0 bridgehead atoms. The Morgan fingerprint density at radius 1 is 1.17 bits per heavy atom. The Bertz CT molecular complexity index is 934. The van der Waals surface area contributed by atoms with Crippen LogP contribution >= 0.6 is 11.6 Å². The van der Waals surface area contributed by atoms with E-state index in [2.05, 4.69) is 5.32 Å². The summed E-state index contributed by atoms with van der Waals surface area (Å²) in [7, 11) is 0. The van der Waals surface area contributed by atoms with Gasteiger partial charge in [-0.05, 0) is 55.7 Å². The molecule has 1 aliphatic rings. The zero-order valence-electron chi connectivity index (χ0n) is 17.0. The molecule has 1 aliphatic heterocycles. The molecule has 0 saturated heterocycles. The number of amides is 2. The Balaban J connectivity index is 1.96. The van der Waals surface area contributed by atoms with Crippen molar-refractivity contribution in [1.29, 1.82) is 0 Å². The van der Waals surface area contributed by atoms with E-state index in [1.807, 2.05) is 19.9 Å². The maximum atomic E-state index is 13.0. The molecule has 0 spiro atoms. The van der Waals surface area contributed by atoms with E-state index in [9.17, 15) is 14.7 Å². The fraction of sp³-hybridized carbons (Fsp3) is 0.364. The van der Waals surface area contributed by atoms with E-state index in [1.165, 1.54) is 4.90 Å². The van der Waals surface area contributed by atoms with Crippen LogP contribution in [0.4, 0.5) is 10.5 Å². The average molecular weight is 433 g/mol. The number of hydrogen-bond donors (Lipinski definition) is 2. The molecule has 1 heterocycles. The summed E-state index contributed by atoms with van der Waals surface area (Å²) in [5, 5.41) is 12.7. The number of anilines is 1. The summed E-state index contributed by atoms with van der Waals surface area (Å²) in [5.74, 6) is 0.179. The molecule has 2 amide bonds. The van der Waals surface area contributed by atoms with Gasteiger partial charge < -0.3 is 24.8 Å². The number of carbonyl (C=O) groups is 2. The van der Waals surface area contributed by atoms with E-state index >= 15 is 0 Å². The van der Waals surface area contributed by atoms with Crippen LogP contribution in [-0.2, 0) is 11.2 Å². The topological polar surface area (TPSA) is 88.1 Å². The van der Waals surface area contributed by atoms with Crippen LogP contribution in [0.5, 0.6) is 11.5 Å². The normalized spacial score (nSPS) is 15.3. The number of rotatable bonds is 7. The van der Waals surface area contributed by atoms with Gasteiger partial charge in [-0.25, -0.2) is 4.79 Å². The smallest absolute Gasteiger partial charge is 0.322 e. The van der Waals surface area contributed by atoms with Crippen LogP contribution in [-0.4, -0.2) is 41.8 Å². The first-order chi connectivity index (χ1) is 14.4. The number of halogens is 1. The van der Waals surface area contributed by atoms with Crippen molar-refractivity contribution in [3.63, 3.8) is 0 Å². The SMILES string of the molecule is CCOc1cc2c(cc1OCC)[C@H](CC(=O)O)N(C(=O)Nc1ccccc1Cl)CC2. The lowest BCUT2D eigenvalue weighted by molar-refractivity contribution is -0.138. The Kier molecular flexibility index (Phi) is 7.05. The maximum Gasteiger partial charge on any atom is 0.322 e. The Labute approximate surface area is 180 Å². The van der Waals surface area contributed by atoms with Gasteiger partial charge in [0, 0.05) is 6.54 Å². The van der Waals surface area contributed by atoms with Crippen LogP contribution in [0.15, 0.2) is 36.4 Å². The summed E-state index contributed by atoms with van der Waals surface area (Å²) < 4.78 is 11.4. The molecule has 0 radical (unpaired) electrons. The zero-order chi connectivity index (χ0) is 21.7. The van der Waals surface area contributed by atoms with Crippen LogP contribution in [0.1, 0.15) is 37.4 Å². The second kappa shape index (κ2) is 9.71. The second-order valence-electron chi connectivity index (χ2n) is 6.83. The molecule has 0 aromatic heterocycles. The molecule has 1 atom stereocenters. The molecule has 2 aromatic carbocycles. The number of fused-ring (bicyclic) bond motifs is 1. The molecule has 30 heavy (non-hydrogen) atoms. The predicted molar refractivity (Wildman–Crippen MR) is 115 cm³/mol. The Morgan fingerprint density at radius 2 is 1.83 bits per heavy atom. The number of hydrogen-bond acceptors (Lipinski definition) is 4. The lowest BCUT2D eigenvalue weighted by Crippen LogP contribution is -2.43. The lowest BCUT2D eigenvalue weighted by Gasteiger charge is -2.37. The number of para-hydroxylation sites is 1. The third-order valence-corrected chi connectivity index (χ3v) is 5.24. The monoisotopic (exact) mass is 432 g/mol. The van der Waals surface area contributed by atoms with Crippen LogP contribution in [0, 0.1) is 0 Å². The molecule has 160 valence electrons. The molecule has 0 unspecified atom stereocenters. The highest BCUT2D eigenvalue weighted by Crippen LogP contribution is 2.40. The van der Waals surface area contributed by atoms with Gasteiger partial charge in [0.25, 0.3) is 0 Å². The van der Waals surface area contributed by atoms with Crippen LogP contribution in [0.3, 0.4) is 0 Å². The molecule has 2 aromatic rings. The number of ether oxygens (including phenoxy) is 2. The molecule has 8 heteroatoms. The molecular weight excluding hydrogens is 408 g/mol. The molecule has 7 nitrogen and oxygen atoms in total. The van der Waals surface area contributed by atoms with Gasteiger partial charge in [0.15, 0.2) is 11.5 Å². The first-order valence-electron chi connectivity index (χ1n) is 9.90. The van der Waals surface area contributed by atoms with E-state index < -0.39 is 18.0 Å². The summed E-state index contributed by atoms with van der Waals surface area (Å²) in [4.78, 5) is 26.1. The van der Waals surface area contributed by atoms with E-state index in [1.54, 1.807) is 30.3 Å². The van der Waals surface area contributed by atoms with Crippen molar-refractivity contribution < 1.29 is 24.2 Å². The molecule has 0 aliphatic carbocycles. The number of nitrogens with zero attached hydrogens (tertiary/aromatic N) is 1. The fourth-order valence-corrected chi connectivity index (χ4v) is 3.81. The largest absolute Gasteiger partial charge is 0.490 e.